The van der Waals surface area contributed by atoms with Crippen molar-refractivity contribution in [3.63, 3.8) is 0 Å². The van der Waals surface area contributed by atoms with Crippen molar-refractivity contribution in [1.29, 1.82) is 0 Å². The van der Waals surface area contributed by atoms with Gasteiger partial charge in [0, 0.05) is 6.42 Å². The van der Waals surface area contributed by atoms with Crippen LogP contribution in [0.5, 0.6) is 0 Å². The van der Waals surface area contributed by atoms with Crippen molar-refractivity contribution in [2.24, 2.45) is 0 Å². The fourth-order valence-corrected chi connectivity index (χ4v) is 2.78. The van der Waals surface area contributed by atoms with Crippen molar-refractivity contribution in [2.75, 3.05) is 6.61 Å². The van der Waals surface area contributed by atoms with Gasteiger partial charge in [-0.1, -0.05) is 49.6 Å². The maximum Gasteiger partial charge on any atom is 0.313 e. The zero-order chi connectivity index (χ0) is 18.7. The molecule has 2 atom stereocenters. The van der Waals surface area contributed by atoms with Crippen LogP contribution in [0.2, 0.25) is 0 Å². The predicted octanol–water partition coefficient (Wildman–Crippen LogP) is 3.82. The van der Waals surface area contributed by atoms with E-state index in [9.17, 15) is 14.7 Å². The Balaban J connectivity index is 2.60. The van der Waals surface area contributed by atoms with E-state index in [-0.39, 0.29) is 12.4 Å². The number of benzene rings is 1. The maximum atomic E-state index is 12.4. The number of carbonyl (C=O) groups is 2. The molecule has 0 aromatic heterocycles. The molecule has 0 bridgehead atoms. The van der Waals surface area contributed by atoms with Crippen LogP contribution in [0.1, 0.15) is 68.9 Å². The van der Waals surface area contributed by atoms with E-state index < -0.39 is 18.0 Å². The number of carboxylic acid groups (broad SMARTS) is 1. The van der Waals surface area contributed by atoms with Crippen molar-refractivity contribution < 1.29 is 24.5 Å². The summed E-state index contributed by atoms with van der Waals surface area (Å²) in [4.78, 5) is 22.9. The van der Waals surface area contributed by atoms with Crippen molar-refractivity contribution in [3.8, 4) is 0 Å². The quantitative estimate of drug-likeness (QED) is 0.442. The normalized spacial score (nSPS) is 13.2. The first-order chi connectivity index (χ1) is 11.9. The molecular formula is C20H30O5. The fraction of sp³-hybridized carbons (Fsp3) is 0.600. The zero-order valence-electron chi connectivity index (χ0n) is 15.2. The van der Waals surface area contributed by atoms with Gasteiger partial charge in [0.25, 0.3) is 0 Å². The number of aryl methyl sites for hydroxylation is 1. The Bertz CT molecular complexity index is 541. The number of ether oxygens (including phenoxy) is 1. The van der Waals surface area contributed by atoms with E-state index in [1.807, 2.05) is 38.1 Å². The number of hydrogen-bond acceptors (Lipinski definition) is 4. The lowest BCUT2D eigenvalue weighted by Gasteiger charge is -2.20. The Labute approximate surface area is 150 Å². The smallest absolute Gasteiger partial charge is 0.313 e. The van der Waals surface area contributed by atoms with E-state index in [0.29, 0.717) is 25.9 Å². The average Bonchev–Trinajstić information content (AvgIpc) is 2.57. The summed E-state index contributed by atoms with van der Waals surface area (Å²) in [5.41, 5.74) is 1.93. The van der Waals surface area contributed by atoms with Gasteiger partial charge in [0.15, 0.2) is 0 Å². The minimum atomic E-state index is -0.793. The summed E-state index contributed by atoms with van der Waals surface area (Å²) >= 11 is 0. The Kier molecular flexibility index (Phi) is 9.85. The molecule has 140 valence electrons. The minimum absolute atomic E-state index is 0.158. The first-order valence-electron chi connectivity index (χ1n) is 9.07. The van der Waals surface area contributed by atoms with E-state index in [2.05, 4.69) is 0 Å². The SMILES string of the molecule is CCCOC(=O)C(CC(O)CCCCCC(=O)O)c1cccc(C)c1. The fourth-order valence-electron chi connectivity index (χ4n) is 2.78. The summed E-state index contributed by atoms with van der Waals surface area (Å²) in [5.74, 6) is -1.56. The van der Waals surface area contributed by atoms with Gasteiger partial charge in [-0.25, -0.2) is 0 Å². The van der Waals surface area contributed by atoms with Crippen molar-refractivity contribution in [2.45, 2.75) is 70.8 Å². The highest BCUT2D eigenvalue weighted by Crippen LogP contribution is 2.26. The highest BCUT2D eigenvalue weighted by molar-refractivity contribution is 5.78. The average molecular weight is 350 g/mol. The highest BCUT2D eigenvalue weighted by Gasteiger charge is 2.25. The van der Waals surface area contributed by atoms with Crippen LogP contribution in [-0.2, 0) is 14.3 Å². The zero-order valence-corrected chi connectivity index (χ0v) is 15.2. The monoisotopic (exact) mass is 350 g/mol. The standard InChI is InChI=1S/C20H30O5/c1-3-12-25-20(24)18(16-9-7-8-15(2)13-16)14-17(21)10-5-4-6-11-19(22)23/h7-9,13,17-18,21H,3-6,10-12,14H2,1-2H3,(H,22,23). The third-order valence-electron chi connectivity index (χ3n) is 4.11. The van der Waals surface area contributed by atoms with Gasteiger partial charge in [0.2, 0.25) is 0 Å². The molecule has 1 rings (SSSR count). The third kappa shape index (κ3) is 8.68. The molecule has 5 nitrogen and oxygen atoms in total. The van der Waals surface area contributed by atoms with Crippen LogP contribution in [0.15, 0.2) is 24.3 Å². The molecule has 0 aliphatic heterocycles. The van der Waals surface area contributed by atoms with Crippen molar-refractivity contribution in [1.82, 2.24) is 0 Å². The number of aliphatic carboxylic acids is 1. The van der Waals surface area contributed by atoms with E-state index >= 15 is 0 Å². The van der Waals surface area contributed by atoms with E-state index in [1.165, 1.54) is 0 Å². The molecule has 0 amide bonds. The Morgan fingerprint density at radius 1 is 1.20 bits per heavy atom. The molecule has 0 fully saturated rings. The summed E-state index contributed by atoms with van der Waals surface area (Å²) in [6.07, 6.45) is 3.32. The second-order valence-corrected chi connectivity index (χ2v) is 6.52. The molecule has 1 aromatic rings. The van der Waals surface area contributed by atoms with Crippen LogP contribution in [0.25, 0.3) is 0 Å². The molecule has 0 heterocycles. The second-order valence-electron chi connectivity index (χ2n) is 6.52. The summed E-state index contributed by atoms with van der Waals surface area (Å²) < 4.78 is 5.30. The number of esters is 1. The number of carbonyl (C=O) groups excluding carboxylic acids is 1. The van der Waals surface area contributed by atoms with Crippen LogP contribution < -0.4 is 0 Å². The van der Waals surface area contributed by atoms with Crippen LogP contribution in [0, 0.1) is 6.92 Å². The number of aliphatic hydroxyl groups excluding tert-OH is 1. The molecule has 0 radical (unpaired) electrons. The van der Waals surface area contributed by atoms with Crippen LogP contribution >= 0.6 is 0 Å². The molecule has 2 unspecified atom stereocenters. The molecule has 0 spiro atoms. The number of unbranched alkanes of at least 4 members (excludes halogenated alkanes) is 2. The number of hydrogen-bond donors (Lipinski definition) is 2. The summed E-state index contributed by atoms with van der Waals surface area (Å²) in [6, 6.07) is 7.72. The molecule has 0 aliphatic rings. The van der Waals surface area contributed by atoms with E-state index in [0.717, 1.165) is 30.4 Å². The van der Waals surface area contributed by atoms with Crippen LogP contribution in [0.3, 0.4) is 0 Å². The molecule has 25 heavy (non-hydrogen) atoms. The summed E-state index contributed by atoms with van der Waals surface area (Å²) in [5, 5.41) is 18.9. The first-order valence-corrected chi connectivity index (χ1v) is 9.07. The van der Waals surface area contributed by atoms with Gasteiger partial charge in [-0.05, 0) is 38.2 Å². The lowest BCUT2D eigenvalue weighted by Crippen LogP contribution is -2.22. The Morgan fingerprint density at radius 2 is 1.96 bits per heavy atom. The van der Waals surface area contributed by atoms with Crippen molar-refractivity contribution >= 4 is 11.9 Å². The summed E-state index contributed by atoms with van der Waals surface area (Å²) in [7, 11) is 0. The van der Waals surface area contributed by atoms with Gasteiger partial charge in [-0.2, -0.15) is 0 Å². The largest absolute Gasteiger partial charge is 0.481 e. The molecule has 0 aliphatic carbocycles. The molecule has 0 saturated carbocycles. The molecular weight excluding hydrogens is 320 g/mol. The molecule has 0 saturated heterocycles. The van der Waals surface area contributed by atoms with Crippen LogP contribution in [-0.4, -0.2) is 34.9 Å². The highest BCUT2D eigenvalue weighted by atomic mass is 16.5. The second kappa shape index (κ2) is 11.6. The van der Waals surface area contributed by atoms with E-state index in [4.69, 9.17) is 9.84 Å². The minimum Gasteiger partial charge on any atom is -0.481 e. The van der Waals surface area contributed by atoms with Crippen LogP contribution in [0.4, 0.5) is 0 Å². The van der Waals surface area contributed by atoms with Gasteiger partial charge in [-0.15, -0.1) is 0 Å². The first kappa shape index (κ1) is 21.2. The number of rotatable bonds is 12. The van der Waals surface area contributed by atoms with E-state index in [1.54, 1.807) is 0 Å². The summed E-state index contributed by atoms with van der Waals surface area (Å²) in [6.45, 7) is 4.30. The lowest BCUT2D eigenvalue weighted by molar-refractivity contribution is -0.146. The third-order valence-corrected chi connectivity index (χ3v) is 4.11. The molecule has 2 N–H and O–H groups in total. The van der Waals surface area contributed by atoms with Gasteiger partial charge >= 0.3 is 11.9 Å². The van der Waals surface area contributed by atoms with Gasteiger partial charge in [0.1, 0.15) is 0 Å². The Hall–Kier alpha value is -1.88. The van der Waals surface area contributed by atoms with Crippen molar-refractivity contribution in [3.05, 3.63) is 35.4 Å². The maximum absolute atomic E-state index is 12.4. The topological polar surface area (TPSA) is 83.8 Å². The van der Waals surface area contributed by atoms with Gasteiger partial charge in [0.05, 0.1) is 18.6 Å². The Morgan fingerprint density at radius 3 is 2.60 bits per heavy atom. The van der Waals surface area contributed by atoms with Gasteiger partial charge in [-0.3, -0.25) is 9.59 Å². The number of carboxylic acids is 1. The van der Waals surface area contributed by atoms with Gasteiger partial charge < -0.3 is 14.9 Å². The molecule has 5 heteroatoms. The number of aliphatic hydroxyl groups is 1. The lowest BCUT2D eigenvalue weighted by atomic mass is 9.90. The predicted molar refractivity (Wildman–Crippen MR) is 96.5 cm³/mol. The molecule has 1 aromatic carbocycles.